The molecule has 2 aromatic carbocycles. The van der Waals surface area contributed by atoms with Crippen molar-refractivity contribution in [2.24, 2.45) is 0 Å². The van der Waals surface area contributed by atoms with E-state index in [0.29, 0.717) is 28.7 Å². The normalized spacial score (nSPS) is 15.4. The van der Waals surface area contributed by atoms with Crippen LogP contribution in [0, 0.1) is 0 Å². The van der Waals surface area contributed by atoms with Gasteiger partial charge in [0.2, 0.25) is 0 Å². The Morgan fingerprint density at radius 2 is 1.86 bits per heavy atom. The molecule has 22 heavy (non-hydrogen) atoms. The number of allylic oxidation sites excluding steroid dienone is 1. The first-order chi connectivity index (χ1) is 10.5. The molecule has 0 radical (unpaired) electrons. The minimum atomic E-state index is -2.86. The van der Waals surface area contributed by atoms with Gasteiger partial charge in [0, 0.05) is 23.1 Å². The van der Waals surface area contributed by atoms with Gasteiger partial charge in [-0.15, -0.1) is 0 Å². The fourth-order valence-electron chi connectivity index (χ4n) is 2.48. The summed E-state index contributed by atoms with van der Waals surface area (Å²) in [5, 5.41) is 9.79. The van der Waals surface area contributed by atoms with Crippen molar-refractivity contribution in [1.82, 2.24) is 0 Å². The number of phenolic OH excluding ortho intramolecular Hbond substituents is 1. The summed E-state index contributed by atoms with van der Waals surface area (Å²) in [7, 11) is 0. The molecule has 1 aliphatic carbocycles. The summed E-state index contributed by atoms with van der Waals surface area (Å²) in [5.41, 5.74) is 2.39. The monoisotopic (exact) mass is 302 g/mol. The standard InChI is InChI=1S/C17H12F2O3/c18-17(19)22-12-6-4-10(5-7-12)8-11-9-14-13(16(11)21)2-1-3-15(14)20/h1-8,17,20H,9H2. The Hall–Kier alpha value is -2.69. The molecule has 0 amide bonds. The molecular weight excluding hydrogens is 290 g/mol. The van der Waals surface area contributed by atoms with Crippen molar-refractivity contribution in [3.05, 3.63) is 64.7 Å². The molecule has 3 nitrogen and oxygen atoms in total. The van der Waals surface area contributed by atoms with Gasteiger partial charge in [-0.05, 0) is 29.8 Å². The number of aromatic hydroxyl groups is 1. The highest BCUT2D eigenvalue weighted by atomic mass is 19.3. The third-order valence-corrected chi connectivity index (χ3v) is 3.50. The van der Waals surface area contributed by atoms with Crippen molar-refractivity contribution in [2.75, 3.05) is 0 Å². The van der Waals surface area contributed by atoms with Crippen LogP contribution in [0.15, 0.2) is 48.0 Å². The summed E-state index contributed by atoms with van der Waals surface area (Å²) >= 11 is 0. The van der Waals surface area contributed by atoms with E-state index < -0.39 is 6.61 Å². The van der Waals surface area contributed by atoms with Gasteiger partial charge in [-0.2, -0.15) is 8.78 Å². The van der Waals surface area contributed by atoms with Gasteiger partial charge >= 0.3 is 6.61 Å². The van der Waals surface area contributed by atoms with E-state index in [2.05, 4.69) is 4.74 Å². The number of Topliss-reactive ketones (excluding diaryl/α,β-unsaturated/α-hetero) is 1. The average molecular weight is 302 g/mol. The molecule has 0 fully saturated rings. The van der Waals surface area contributed by atoms with Gasteiger partial charge in [0.05, 0.1) is 0 Å². The molecule has 0 aliphatic heterocycles. The van der Waals surface area contributed by atoms with Crippen LogP contribution in [0.1, 0.15) is 21.5 Å². The predicted octanol–water partition coefficient (Wildman–Crippen LogP) is 3.82. The van der Waals surface area contributed by atoms with Crippen LogP contribution in [0.4, 0.5) is 8.78 Å². The Kier molecular flexibility index (Phi) is 3.63. The van der Waals surface area contributed by atoms with E-state index in [1.807, 2.05) is 0 Å². The number of benzene rings is 2. The molecule has 3 rings (SSSR count). The molecule has 0 heterocycles. The number of carbonyl (C=O) groups excluding carboxylic acids is 1. The van der Waals surface area contributed by atoms with Crippen LogP contribution in [0.5, 0.6) is 11.5 Å². The van der Waals surface area contributed by atoms with Gasteiger partial charge in [-0.3, -0.25) is 4.79 Å². The fraction of sp³-hybridized carbons (Fsp3) is 0.118. The lowest BCUT2D eigenvalue weighted by molar-refractivity contribution is -0.0498. The number of hydrogen-bond donors (Lipinski definition) is 1. The van der Waals surface area contributed by atoms with Crippen LogP contribution in [-0.4, -0.2) is 17.5 Å². The second-order valence-corrected chi connectivity index (χ2v) is 4.93. The molecule has 0 bridgehead atoms. The van der Waals surface area contributed by atoms with Crippen LogP contribution in [0.2, 0.25) is 0 Å². The molecule has 0 saturated carbocycles. The molecule has 2 aromatic rings. The lowest BCUT2D eigenvalue weighted by atomic mass is 10.1. The second kappa shape index (κ2) is 5.60. The van der Waals surface area contributed by atoms with E-state index in [9.17, 15) is 18.7 Å². The van der Waals surface area contributed by atoms with Gasteiger partial charge in [0.1, 0.15) is 11.5 Å². The van der Waals surface area contributed by atoms with Crippen molar-refractivity contribution in [3.63, 3.8) is 0 Å². The van der Waals surface area contributed by atoms with E-state index in [1.165, 1.54) is 12.1 Å². The molecule has 1 aliphatic rings. The smallest absolute Gasteiger partial charge is 0.387 e. The molecule has 0 unspecified atom stereocenters. The Bertz CT molecular complexity index is 749. The molecule has 112 valence electrons. The Morgan fingerprint density at radius 1 is 1.14 bits per heavy atom. The summed E-state index contributed by atoms with van der Waals surface area (Å²) < 4.78 is 28.4. The SMILES string of the molecule is O=C1C(=Cc2ccc(OC(F)F)cc2)Cc2c(O)cccc21. The molecular formula is C17H12F2O3. The number of alkyl halides is 2. The highest BCUT2D eigenvalue weighted by molar-refractivity contribution is 6.16. The number of ketones is 1. The van der Waals surface area contributed by atoms with Crippen LogP contribution >= 0.6 is 0 Å². The Labute approximate surface area is 125 Å². The second-order valence-electron chi connectivity index (χ2n) is 4.93. The van der Waals surface area contributed by atoms with Crippen LogP contribution in [0.25, 0.3) is 6.08 Å². The first-order valence-electron chi connectivity index (χ1n) is 6.65. The summed E-state index contributed by atoms with van der Waals surface area (Å²) in [5.74, 6) is 0.0459. The first kappa shape index (κ1) is 14.3. The number of rotatable bonds is 3. The molecule has 0 spiro atoms. The molecule has 5 heteroatoms. The topological polar surface area (TPSA) is 46.5 Å². The third kappa shape index (κ3) is 2.70. The summed E-state index contributed by atoms with van der Waals surface area (Å²) in [6, 6.07) is 10.9. The highest BCUT2D eigenvalue weighted by Crippen LogP contribution is 2.33. The van der Waals surface area contributed by atoms with E-state index in [1.54, 1.807) is 36.4 Å². The van der Waals surface area contributed by atoms with Gasteiger partial charge in [0.15, 0.2) is 5.78 Å². The lowest BCUT2D eigenvalue weighted by Gasteiger charge is -2.04. The largest absolute Gasteiger partial charge is 0.508 e. The first-order valence-corrected chi connectivity index (χ1v) is 6.65. The molecule has 0 aromatic heterocycles. The zero-order valence-corrected chi connectivity index (χ0v) is 11.4. The van der Waals surface area contributed by atoms with E-state index >= 15 is 0 Å². The number of ether oxygens (including phenoxy) is 1. The number of fused-ring (bicyclic) bond motifs is 1. The minimum absolute atomic E-state index is 0.0656. The van der Waals surface area contributed by atoms with Gasteiger partial charge < -0.3 is 9.84 Å². The van der Waals surface area contributed by atoms with Crippen LogP contribution in [0.3, 0.4) is 0 Å². The van der Waals surface area contributed by atoms with Crippen LogP contribution in [-0.2, 0) is 6.42 Å². The van der Waals surface area contributed by atoms with Gasteiger partial charge in [-0.25, -0.2) is 0 Å². The summed E-state index contributed by atoms with van der Waals surface area (Å²) in [6.07, 6.45) is 2.05. The van der Waals surface area contributed by atoms with Gasteiger partial charge in [0.25, 0.3) is 0 Å². The van der Waals surface area contributed by atoms with Crippen molar-refractivity contribution in [1.29, 1.82) is 0 Å². The Morgan fingerprint density at radius 3 is 2.50 bits per heavy atom. The predicted molar refractivity (Wildman–Crippen MR) is 77.2 cm³/mol. The number of halogens is 2. The zero-order chi connectivity index (χ0) is 15.7. The molecule has 0 saturated heterocycles. The Balaban J connectivity index is 1.85. The quantitative estimate of drug-likeness (QED) is 0.877. The average Bonchev–Trinajstić information content (AvgIpc) is 2.79. The fourth-order valence-corrected chi connectivity index (χ4v) is 2.48. The maximum absolute atomic E-state index is 12.3. The number of phenols is 1. The molecule has 1 N–H and O–H groups in total. The van der Waals surface area contributed by atoms with Crippen molar-refractivity contribution in [2.45, 2.75) is 13.0 Å². The van der Waals surface area contributed by atoms with Gasteiger partial charge in [-0.1, -0.05) is 24.3 Å². The van der Waals surface area contributed by atoms with Crippen molar-refractivity contribution in [3.8, 4) is 11.5 Å². The lowest BCUT2D eigenvalue weighted by Crippen LogP contribution is -2.01. The third-order valence-electron chi connectivity index (χ3n) is 3.50. The highest BCUT2D eigenvalue weighted by Gasteiger charge is 2.26. The zero-order valence-electron chi connectivity index (χ0n) is 11.4. The number of hydrogen-bond acceptors (Lipinski definition) is 3. The van der Waals surface area contributed by atoms with Crippen molar-refractivity contribution >= 4 is 11.9 Å². The van der Waals surface area contributed by atoms with E-state index in [4.69, 9.17) is 0 Å². The maximum Gasteiger partial charge on any atom is 0.387 e. The van der Waals surface area contributed by atoms with E-state index in [-0.39, 0.29) is 17.3 Å². The maximum atomic E-state index is 12.3. The molecule has 0 atom stereocenters. The van der Waals surface area contributed by atoms with Crippen LogP contribution < -0.4 is 4.74 Å². The summed E-state index contributed by atoms with van der Waals surface area (Å²) in [4.78, 5) is 12.3. The number of carbonyl (C=O) groups is 1. The minimum Gasteiger partial charge on any atom is -0.508 e. The van der Waals surface area contributed by atoms with E-state index in [0.717, 1.165) is 0 Å². The van der Waals surface area contributed by atoms with Crippen molar-refractivity contribution < 1.29 is 23.4 Å². The summed E-state index contributed by atoms with van der Waals surface area (Å²) in [6.45, 7) is -2.86.